The summed E-state index contributed by atoms with van der Waals surface area (Å²) in [6, 6.07) is 9.30. The number of benzene rings is 1. The van der Waals surface area contributed by atoms with E-state index in [9.17, 15) is 14.4 Å². The fourth-order valence-corrected chi connectivity index (χ4v) is 2.12. The molecule has 0 aliphatic carbocycles. The Morgan fingerprint density at radius 2 is 1.96 bits per heavy atom. The van der Waals surface area contributed by atoms with Gasteiger partial charge in [0.25, 0.3) is 17.4 Å². The number of aromatic nitrogens is 2. The number of rotatable bonds is 6. The zero-order valence-corrected chi connectivity index (χ0v) is 13.7. The second kappa shape index (κ2) is 8.05. The highest BCUT2D eigenvalue weighted by Gasteiger charge is 2.11. The molecule has 0 spiro atoms. The van der Waals surface area contributed by atoms with Crippen LogP contribution in [-0.2, 0) is 6.54 Å². The van der Waals surface area contributed by atoms with Crippen LogP contribution in [0.4, 0.5) is 5.69 Å². The van der Waals surface area contributed by atoms with Crippen LogP contribution in [0.25, 0.3) is 0 Å². The zero-order valence-electron chi connectivity index (χ0n) is 13.7. The minimum atomic E-state index is -0.436. The van der Waals surface area contributed by atoms with Crippen molar-refractivity contribution in [2.24, 2.45) is 0 Å². The number of carbonyl (C=O) groups is 2. The molecule has 2 amide bonds. The van der Waals surface area contributed by atoms with E-state index in [1.54, 1.807) is 24.3 Å². The van der Waals surface area contributed by atoms with Gasteiger partial charge in [-0.25, -0.2) is 4.68 Å². The number of unbranched alkanes of at least 4 members (excludes halogenated alkanes) is 1. The molecule has 126 valence electrons. The number of anilines is 1. The number of hydrogen-bond donors (Lipinski definition) is 2. The molecular formula is C17H20N4O3. The van der Waals surface area contributed by atoms with Gasteiger partial charge in [-0.15, -0.1) is 0 Å². The van der Waals surface area contributed by atoms with Crippen molar-refractivity contribution in [1.29, 1.82) is 0 Å². The van der Waals surface area contributed by atoms with Gasteiger partial charge in [-0.3, -0.25) is 14.4 Å². The molecule has 2 rings (SSSR count). The molecule has 24 heavy (non-hydrogen) atoms. The molecule has 0 saturated heterocycles. The first-order chi connectivity index (χ1) is 11.5. The summed E-state index contributed by atoms with van der Waals surface area (Å²) < 4.78 is 1.29. The van der Waals surface area contributed by atoms with Crippen molar-refractivity contribution >= 4 is 17.5 Å². The Kier molecular flexibility index (Phi) is 5.83. The van der Waals surface area contributed by atoms with E-state index in [1.165, 1.54) is 23.9 Å². The molecular weight excluding hydrogens is 308 g/mol. The van der Waals surface area contributed by atoms with E-state index in [0.717, 1.165) is 12.8 Å². The second-order valence-electron chi connectivity index (χ2n) is 5.25. The summed E-state index contributed by atoms with van der Waals surface area (Å²) in [6.45, 7) is 2.49. The van der Waals surface area contributed by atoms with Gasteiger partial charge in [-0.2, -0.15) is 5.10 Å². The van der Waals surface area contributed by atoms with Gasteiger partial charge in [0, 0.05) is 30.9 Å². The minimum absolute atomic E-state index is 0.149. The first-order valence-corrected chi connectivity index (χ1v) is 7.76. The number of amides is 2. The Morgan fingerprint density at radius 3 is 2.67 bits per heavy atom. The third-order valence-corrected chi connectivity index (χ3v) is 3.43. The fraction of sp³-hybridized carbons (Fsp3) is 0.294. The first-order valence-electron chi connectivity index (χ1n) is 7.76. The van der Waals surface area contributed by atoms with Gasteiger partial charge in [0.05, 0.1) is 0 Å². The van der Waals surface area contributed by atoms with Crippen LogP contribution in [0.1, 0.15) is 40.6 Å². The first kappa shape index (κ1) is 17.4. The van der Waals surface area contributed by atoms with Crippen LogP contribution in [0.5, 0.6) is 0 Å². The largest absolute Gasteiger partial charge is 0.355 e. The normalized spacial score (nSPS) is 10.2. The Hall–Kier alpha value is -2.96. The van der Waals surface area contributed by atoms with Crippen molar-refractivity contribution in [2.75, 3.05) is 12.4 Å². The summed E-state index contributed by atoms with van der Waals surface area (Å²) in [4.78, 5) is 35.7. The van der Waals surface area contributed by atoms with Crippen molar-refractivity contribution in [3.63, 3.8) is 0 Å². The molecule has 0 radical (unpaired) electrons. The highest BCUT2D eigenvalue weighted by Crippen LogP contribution is 2.11. The van der Waals surface area contributed by atoms with E-state index in [1.807, 2.05) is 6.92 Å². The van der Waals surface area contributed by atoms with E-state index in [2.05, 4.69) is 15.7 Å². The Balaban J connectivity index is 2.18. The van der Waals surface area contributed by atoms with E-state index < -0.39 is 5.91 Å². The molecule has 0 atom stereocenters. The van der Waals surface area contributed by atoms with Crippen LogP contribution in [0, 0.1) is 0 Å². The SMILES string of the molecule is CCCCn1nc(C(=O)Nc2cccc(C(=O)NC)c2)ccc1=O. The molecule has 0 fully saturated rings. The van der Waals surface area contributed by atoms with Crippen molar-refractivity contribution in [1.82, 2.24) is 15.1 Å². The number of aryl methyl sites for hydroxylation is 1. The van der Waals surface area contributed by atoms with Gasteiger partial charge >= 0.3 is 0 Å². The average molecular weight is 328 g/mol. The Bertz CT molecular complexity index is 798. The third kappa shape index (κ3) is 4.28. The van der Waals surface area contributed by atoms with Crippen molar-refractivity contribution < 1.29 is 9.59 Å². The molecule has 7 nitrogen and oxygen atoms in total. The lowest BCUT2D eigenvalue weighted by atomic mass is 10.2. The van der Waals surface area contributed by atoms with Gasteiger partial charge in [0.2, 0.25) is 0 Å². The third-order valence-electron chi connectivity index (χ3n) is 3.43. The van der Waals surface area contributed by atoms with Gasteiger partial charge in [-0.1, -0.05) is 19.4 Å². The van der Waals surface area contributed by atoms with Crippen molar-refractivity contribution in [3.05, 3.63) is 58.0 Å². The van der Waals surface area contributed by atoms with Gasteiger partial charge in [0.15, 0.2) is 0 Å². The molecule has 0 saturated carbocycles. The summed E-state index contributed by atoms with van der Waals surface area (Å²) in [5, 5.41) is 9.30. The van der Waals surface area contributed by atoms with E-state index in [4.69, 9.17) is 0 Å². The van der Waals surface area contributed by atoms with Gasteiger partial charge < -0.3 is 10.6 Å². The maximum absolute atomic E-state index is 12.3. The highest BCUT2D eigenvalue weighted by molar-refractivity contribution is 6.03. The molecule has 0 aliphatic heterocycles. The standard InChI is InChI=1S/C17H20N4O3/c1-3-4-10-21-15(22)9-8-14(20-21)17(24)19-13-7-5-6-12(11-13)16(23)18-2/h5-9,11H,3-4,10H2,1-2H3,(H,18,23)(H,19,24). The van der Waals surface area contributed by atoms with Crippen LogP contribution >= 0.6 is 0 Å². The number of nitrogens with one attached hydrogen (secondary N) is 2. The number of hydrogen-bond acceptors (Lipinski definition) is 4. The molecule has 1 aromatic carbocycles. The Labute approximate surface area is 139 Å². The maximum Gasteiger partial charge on any atom is 0.276 e. The number of nitrogens with zero attached hydrogens (tertiary/aromatic N) is 2. The summed E-state index contributed by atoms with van der Waals surface area (Å²) in [7, 11) is 1.54. The molecule has 2 N–H and O–H groups in total. The van der Waals surface area contributed by atoms with E-state index >= 15 is 0 Å². The van der Waals surface area contributed by atoms with Crippen LogP contribution in [-0.4, -0.2) is 28.6 Å². The lowest BCUT2D eigenvalue weighted by Crippen LogP contribution is -2.26. The van der Waals surface area contributed by atoms with Crippen molar-refractivity contribution in [2.45, 2.75) is 26.3 Å². The summed E-state index contributed by atoms with van der Waals surface area (Å²) in [5.41, 5.74) is 0.836. The lowest BCUT2D eigenvalue weighted by molar-refractivity contribution is 0.0961. The maximum atomic E-state index is 12.3. The van der Waals surface area contributed by atoms with Crippen LogP contribution in [0.3, 0.4) is 0 Å². The predicted molar refractivity (Wildman–Crippen MR) is 91.2 cm³/mol. The fourth-order valence-electron chi connectivity index (χ4n) is 2.12. The van der Waals surface area contributed by atoms with Crippen molar-refractivity contribution in [3.8, 4) is 0 Å². The quantitative estimate of drug-likeness (QED) is 0.843. The molecule has 1 aromatic heterocycles. The molecule has 2 aromatic rings. The predicted octanol–water partition coefficient (Wildman–Crippen LogP) is 1.66. The van der Waals surface area contributed by atoms with Gasteiger partial charge in [0.1, 0.15) is 5.69 Å². The van der Waals surface area contributed by atoms with Gasteiger partial charge in [-0.05, 0) is 30.7 Å². The second-order valence-corrected chi connectivity index (χ2v) is 5.25. The van der Waals surface area contributed by atoms with Crippen LogP contribution in [0.2, 0.25) is 0 Å². The van der Waals surface area contributed by atoms with E-state index in [0.29, 0.717) is 17.8 Å². The number of carbonyl (C=O) groups excluding carboxylic acids is 2. The minimum Gasteiger partial charge on any atom is -0.355 e. The summed E-state index contributed by atoms with van der Waals surface area (Å²) in [6.07, 6.45) is 1.74. The molecule has 0 bridgehead atoms. The van der Waals surface area contributed by atoms with Crippen LogP contribution < -0.4 is 16.2 Å². The zero-order chi connectivity index (χ0) is 17.5. The molecule has 1 heterocycles. The molecule has 7 heteroatoms. The molecule has 0 unspecified atom stereocenters. The average Bonchev–Trinajstić information content (AvgIpc) is 2.60. The Morgan fingerprint density at radius 1 is 1.17 bits per heavy atom. The van der Waals surface area contributed by atoms with Crippen LogP contribution in [0.15, 0.2) is 41.2 Å². The summed E-state index contributed by atoms with van der Waals surface area (Å²) >= 11 is 0. The lowest BCUT2D eigenvalue weighted by Gasteiger charge is -2.08. The highest BCUT2D eigenvalue weighted by atomic mass is 16.2. The van der Waals surface area contributed by atoms with E-state index in [-0.39, 0.29) is 17.2 Å². The topological polar surface area (TPSA) is 93.1 Å². The monoisotopic (exact) mass is 328 g/mol. The molecule has 0 aliphatic rings. The smallest absolute Gasteiger partial charge is 0.276 e. The summed E-state index contributed by atoms with van der Waals surface area (Å²) in [5.74, 6) is -0.674.